The Labute approximate surface area is 124 Å². The predicted molar refractivity (Wildman–Crippen MR) is 82.5 cm³/mol. The first-order valence-corrected chi connectivity index (χ1v) is 7.69. The fourth-order valence-electron chi connectivity index (χ4n) is 2.85. The molecule has 7 nitrogen and oxygen atoms in total. The first kappa shape index (κ1) is 15.5. The fourth-order valence-corrected chi connectivity index (χ4v) is 2.85. The van der Waals surface area contributed by atoms with E-state index < -0.39 is 4.92 Å². The molecule has 0 aromatic carbocycles. The molecule has 1 heterocycles. The smallest absolute Gasteiger partial charge is 0.353 e. The third-order valence-corrected chi connectivity index (χ3v) is 3.92. The average Bonchev–Trinajstić information content (AvgIpc) is 2.48. The summed E-state index contributed by atoms with van der Waals surface area (Å²) in [6, 6.07) is 0. The van der Waals surface area contributed by atoms with Crippen LogP contribution in [0, 0.1) is 16.0 Å². The van der Waals surface area contributed by atoms with E-state index in [4.69, 9.17) is 0 Å². The summed E-state index contributed by atoms with van der Waals surface area (Å²) in [6.45, 7) is 3.18. The number of aromatic nitrogens is 2. The Kier molecular flexibility index (Phi) is 5.71. The molecule has 21 heavy (non-hydrogen) atoms. The third-order valence-electron chi connectivity index (χ3n) is 3.92. The van der Waals surface area contributed by atoms with E-state index in [1.54, 1.807) is 0 Å². The van der Waals surface area contributed by atoms with Gasteiger partial charge in [-0.2, -0.15) is 0 Å². The average molecular weight is 293 g/mol. The number of rotatable bonds is 7. The van der Waals surface area contributed by atoms with Crippen LogP contribution in [0.1, 0.15) is 45.4 Å². The van der Waals surface area contributed by atoms with Gasteiger partial charge in [0.25, 0.3) is 0 Å². The summed E-state index contributed by atoms with van der Waals surface area (Å²) in [7, 11) is 0. The quantitative estimate of drug-likeness (QED) is 0.592. The van der Waals surface area contributed by atoms with Crippen molar-refractivity contribution in [1.82, 2.24) is 9.97 Å². The van der Waals surface area contributed by atoms with E-state index >= 15 is 0 Å². The maximum Gasteiger partial charge on any atom is 0.353 e. The van der Waals surface area contributed by atoms with E-state index in [-0.39, 0.29) is 11.5 Å². The summed E-state index contributed by atoms with van der Waals surface area (Å²) in [5.41, 5.74) is -0.0667. The SMILES string of the molecule is CCNc1ncnc(NCCC2CCCCC2)c1[N+](=O)[O-]. The van der Waals surface area contributed by atoms with Crippen molar-refractivity contribution >= 4 is 17.3 Å². The van der Waals surface area contributed by atoms with Gasteiger partial charge < -0.3 is 10.6 Å². The van der Waals surface area contributed by atoms with Crippen molar-refractivity contribution in [2.75, 3.05) is 23.7 Å². The van der Waals surface area contributed by atoms with Crippen LogP contribution >= 0.6 is 0 Å². The van der Waals surface area contributed by atoms with Crippen molar-refractivity contribution in [2.45, 2.75) is 45.4 Å². The normalized spacial score (nSPS) is 15.7. The van der Waals surface area contributed by atoms with Gasteiger partial charge in [-0.05, 0) is 19.3 Å². The van der Waals surface area contributed by atoms with Gasteiger partial charge >= 0.3 is 5.69 Å². The molecule has 2 N–H and O–H groups in total. The summed E-state index contributed by atoms with van der Waals surface area (Å²) in [5.74, 6) is 1.32. The highest BCUT2D eigenvalue weighted by molar-refractivity contribution is 5.69. The molecule has 1 aromatic rings. The first-order chi connectivity index (χ1) is 10.2. The molecule has 0 aliphatic heterocycles. The molecule has 116 valence electrons. The van der Waals surface area contributed by atoms with Gasteiger partial charge in [0.2, 0.25) is 11.6 Å². The maximum atomic E-state index is 11.2. The molecule has 1 aromatic heterocycles. The van der Waals surface area contributed by atoms with Crippen LogP contribution in [0.25, 0.3) is 0 Å². The Morgan fingerprint density at radius 2 is 1.90 bits per heavy atom. The number of anilines is 2. The zero-order chi connectivity index (χ0) is 15.1. The van der Waals surface area contributed by atoms with Crippen molar-refractivity contribution in [3.63, 3.8) is 0 Å². The van der Waals surface area contributed by atoms with E-state index in [1.807, 2.05) is 6.92 Å². The Morgan fingerprint density at radius 1 is 1.24 bits per heavy atom. The lowest BCUT2D eigenvalue weighted by atomic mass is 9.87. The molecule has 0 saturated heterocycles. The van der Waals surface area contributed by atoms with Crippen LogP contribution in [0.5, 0.6) is 0 Å². The summed E-state index contributed by atoms with van der Waals surface area (Å²) in [5, 5.41) is 17.2. The van der Waals surface area contributed by atoms with E-state index in [0.717, 1.165) is 12.3 Å². The van der Waals surface area contributed by atoms with E-state index in [1.165, 1.54) is 38.4 Å². The second-order valence-corrected chi connectivity index (χ2v) is 5.43. The molecule has 0 bridgehead atoms. The van der Waals surface area contributed by atoms with Crippen LogP contribution in [0.4, 0.5) is 17.3 Å². The van der Waals surface area contributed by atoms with Crippen LogP contribution in [0.2, 0.25) is 0 Å². The first-order valence-electron chi connectivity index (χ1n) is 7.69. The van der Waals surface area contributed by atoms with Crippen LogP contribution in [-0.4, -0.2) is 28.0 Å². The molecule has 1 aliphatic rings. The predicted octanol–water partition coefficient (Wildman–Crippen LogP) is 3.20. The van der Waals surface area contributed by atoms with Crippen LogP contribution < -0.4 is 10.6 Å². The minimum Gasteiger partial charge on any atom is -0.364 e. The van der Waals surface area contributed by atoms with Gasteiger partial charge in [-0.3, -0.25) is 10.1 Å². The molecular formula is C14H23N5O2. The number of nitrogens with zero attached hydrogens (tertiary/aromatic N) is 3. The van der Waals surface area contributed by atoms with Crippen LogP contribution in [0.15, 0.2) is 6.33 Å². The Bertz CT molecular complexity index is 474. The molecule has 0 amide bonds. The van der Waals surface area contributed by atoms with Gasteiger partial charge in [-0.25, -0.2) is 9.97 Å². The standard InChI is InChI=1S/C14H23N5O2/c1-2-15-13-12(19(20)21)14(18-10-17-13)16-9-8-11-6-4-3-5-7-11/h10-11H,2-9H2,1H3,(H2,15,16,17,18). The van der Waals surface area contributed by atoms with Crippen molar-refractivity contribution in [1.29, 1.82) is 0 Å². The highest BCUT2D eigenvalue weighted by Crippen LogP contribution is 2.30. The molecule has 2 rings (SSSR count). The Morgan fingerprint density at radius 3 is 2.52 bits per heavy atom. The Balaban J connectivity index is 1.98. The minimum atomic E-state index is -0.430. The maximum absolute atomic E-state index is 11.2. The number of hydrogen-bond donors (Lipinski definition) is 2. The second-order valence-electron chi connectivity index (χ2n) is 5.43. The zero-order valence-corrected chi connectivity index (χ0v) is 12.5. The second kappa shape index (κ2) is 7.75. The summed E-state index contributed by atoms with van der Waals surface area (Å²) < 4.78 is 0. The number of hydrogen-bond acceptors (Lipinski definition) is 6. The molecule has 1 saturated carbocycles. The van der Waals surface area contributed by atoms with Crippen molar-refractivity contribution in [3.05, 3.63) is 16.4 Å². The molecule has 1 aliphatic carbocycles. The molecule has 7 heteroatoms. The van der Waals surface area contributed by atoms with Gasteiger partial charge in [0, 0.05) is 13.1 Å². The number of nitrogens with one attached hydrogen (secondary N) is 2. The van der Waals surface area contributed by atoms with Gasteiger partial charge in [0.1, 0.15) is 6.33 Å². The van der Waals surface area contributed by atoms with Crippen LogP contribution in [0.3, 0.4) is 0 Å². The van der Waals surface area contributed by atoms with Gasteiger partial charge in [0.05, 0.1) is 4.92 Å². The summed E-state index contributed by atoms with van der Waals surface area (Å²) in [4.78, 5) is 18.8. The molecule has 0 unspecified atom stereocenters. The van der Waals surface area contributed by atoms with Crippen molar-refractivity contribution in [2.24, 2.45) is 5.92 Å². The van der Waals surface area contributed by atoms with Crippen LogP contribution in [-0.2, 0) is 0 Å². The van der Waals surface area contributed by atoms with Gasteiger partial charge in [-0.15, -0.1) is 0 Å². The van der Waals surface area contributed by atoms with E-state index in [0.29, 0.717) is 18.9 Å². The topological polar surface area (TPSA) is 93.0 Å². The van der Waals surface area contributed by atoms with Gasteiger partial charge in [-0.1, -0.05) is 32.1 Å². The summed E-state index contributed by atoms with van der Waals surface area (Å²) in [6.07, 6.45) is 8.90. The van der Waals surface area contributed by atoms with Crippen molar-refractivity contribution in [3.8, 4) is 0 Å². The highest BCUT2D eigenvalue weighted by Gasteiger charge is 2.22. The largest absolute Gasteiger partial charge is 0.364 e. The molecular weight excluding hydrogens is 270 g/mol. The minimum absolute atomic E-state index is 0.0667. The van der Waals surface area contributed by atoms with E-state index in [9.17, 15) is 10.1 Å². The summed E-state index contributed by atoms with van der Waals surface area (Å²) >= 11 is 0. The zero-order valence-electron chi connectivity index (χ0n) is 12.5. The highest BCUT2D eigenvalue weighted by atomic mass is 16.6. The molecule has 0 radical (unpaired) electrons. The Hall–Kier alpha value is -1.92. The molecule has 0 atom stereocenters. The lowest BCUT2D eigenvalue weighted by Crippen LogP contribution is -2.14. The monoisotopic (exact) mass is 293 g/mol. The van der Waals surface area contributed by atoms with Gasteiger partial charge in [0.15, 0.2) is 0 Å². The van der Waals surface area contributed by atoms with Crippen molar-refractivity contribution < 1.29 is 4.92 Å². The number of nitro groups is 1. The molecule has 1 fully saturated rings. The fraction of sp³-hybridized carbons (Fsp3) is 0.714. The lowest BCUT2D eigenvalue weighted by Gasteiger charge is -2.21. The van der Waals surface area contributed by atoms with E-state index in [2.05, 4.69) is 20.6 Å². The third kappa shape index (κ3) is 4.27. The molecule has 0 spiro atoms. The lowest BCUT2D eigenvalue weighted by molar-refractivity contribution is -0.383.